The summed E-state index contributed by atoms with van der Waals surface area (Å²) < 4.78 is 14.0. The summed E-state index contributed by atoms with van der Waals surface area (Å²) in [5.41, 5.74) is 2.34. The van der Waals surface area contributed by atoms with E-state index < -0.39 is 0 Å². The quantitative estimate of drug-likeness (QED) is 0.864. The minimum absolute atomic E-state index is 0.229. The number of halogens is 2. The maximum atomic E-state index is 13.0. The average molecular weight is 351 g/mol. The van der Waals surface area contributed by atoms with E-state index in [9.17, 15) is 9.18 Å². The van der Waals surface area contributed by atoms with Crippen LogP contribution in [0.25, 0.3) is 0 Å². The largest absolute Gasteiger partial charge is 0.323 e. The van der Waals surface area contributed by atoms with E-state index in [1.165, 1.54) is 12.1 Å². The highest BCUT2D eigenvalue weighted by Gasteiger charge is 2.11. The third kappa shape index (κ3) is 4.29. The molecule has 0 aromatic heterocycles. The summed E-state index contributed by atoms with van der Waals surface area (Å²) >= 11 is 3.38. The predicted octanol–water partition coefficient (Wildman–Crippen LogP) is 4.56. The standard InChI is InChI=1S/C16H16BrFN2O/c1-11-9-14(18)7-8-15(11)19-16(21)20(2)10-12-3-5-13(17)6-4-12/h3-9H,10H2,1-2H3,(H,19,21). The summed E-state index contributed by atoms with van der Waals surface area (Å²) in [6.45, 7) is 2.26. The van der Waals surface area contributed by atoms with Crippen LogP contribution in [0.2, 0.25) is 0 Å². The molecule has 0 saturated heterocycles. The van der Waals surface area contributed by atoms with Crippen LogP contribution in [0.4, 0.5) is 14.9 Å². The Balaban J connectivity index is 2.00. The highest BCUT2D eigenvalue weighted by atomic mass is 79.9. The molecule has 5 heteroatoms. The van der Waals surface area contributed by atoms with Gasteiger partial charge in [-0.25, -0.2) is 9.18 Å². The number of anilines is 1. The van der Waals surface area contributed by atoms with Crippen LogP contribution in [0, 0.1) is 12.7 Å². The number of benzene rings is 2. The van der Waals surface area contributed by atoms with E-state index in [-0.39, 0.29) is 11.8 Å². The molecule has 0 bridgehead atoms. The number of hydrogen-bond acceptors (Lipinski definition) is 1. The van der Waals surface area contributed by atoms with Crippen molar-refractivity contribution in [3.63, 3.8) is 0 Å². The fourth-order valence-electron chi connectivity index (χ4n) is 1.91. The number of carbonyl (C=O) groups is 1. The second kappa shape index (κ2) is 6.72. The Hall–Kier alpha value is -1.88. The van der Waals surface area contributed by atoms with Gasteiger partial charge < -0.3 is 10.2 Å². The molecule has 0 aliphatic heterocycles. The van der Waals surface area contributed by atoms with Gasteiger partial charge in [-0.15, -0.1) is 0 Å². The first-order valence-corrected chi connectivity index (χ1v) is 7.28. The van der Waals surface area contributed by atoms with Gasteiger partial charge in [0.1, 0.15) is 5.82 Å². The van der Waals surface area contributed by atoms with Crippen LogP contribution in [0.15, 0.2) is 46.9 Å². The number of carbonyl (C=O) groups excluding carboxylic acids is 1. The Kier molecular flexibility index (Phi) is 4.96. The zero-order valence-corrected chi connectivity index (χ0v) is 13.4. The highest BCUT2D eigenvalue weighted by Crippen LogP contribution is 2.17. The molecule has 21 heavy (non-hydrogen) atoms. The number of rotatable bonds is 3. The lowest BCUT2D eigenvalue weighted by atomic mass is 10.2. The zero-order valence-electron chi connectivity index (χ0n) is 11.9. The van der Waals surface area contributed by atoms with Gasteiger partial charge in [-0.05, 0) is 48.4 Å². The Morgan fingerprint density at radius 3 is 2.52 bits per heavy atom. The Morgan fingerprint density at radius 2 is 1.90 bits per heavy atom. The van der Waals surface area contributed by atoms with Crippen molar-refractivity contribution in [2.75, 3.05) is 12.4 Å². The molecule has 0 radical (unpaired) electrons. The molecule has 0 unspecified atom stereocenters. The van der Waals surface area contributed by atoms with E-state index in [4.69, 9.17) is 0 Å². The van der Waals surface area contributed by atoms with Crippen molar-refractivity contribution in [1.29, 1.82) is 0 Å². The number of nitrogens with one attached hydrogen (secondary N) is 1. The van der Waals surface area contributed by atoms with E-state index in [0.29, 0.717) is 17.8 Å². The molecule has 0 heterocycles. The minimum atomic E-state index is -0.311. The van der Waals surface area contributed by atoms with E-state index in [2.05, 4.69) is 21.2 Å². The fourth-order valence-corrected chi connectivity index (χ4v) is 2.18. The second-order valence-corrected chi connectivity index (χ2v) is 5.79. The molecular weight excluding hydrogens is 335 g/mol. The SMILES string of the molecule is Cc1cc(F)ccc1NC(=O)N(C)Cc1ccc(Br)cc1. The molecule has 3 nitrogen and oxygen atoms in total. The predicted molar refractivity (Wildman–Crippen MR) is 85.8 cm³/mol. The number of amides is 2. The van der Waals surface area contributed by atoms with Gasteiger partial charge >= 0.3 is 6.03 Å². The maximum Gasteiger partial charge on any atom is 0.321 e. The molecule has 0 spiro atoms. The number of nitrogens with zero attached hydrogens (tertiary/aromatic N) is 1. The maximum absolute atomic E-state index is 13.0. The molecule has 0 aliphatic carbocycles. The van der Waals surface area contributed by atoms with Crippen molar-refractivity contribution in [1.82, 2.24) is 4.90 Å². The van der Waals surface area contributed by atoms with Crippen molar-refractivity contribution < 1.29 is 9.18 Å². The van der Waals surface area contributed by atoms with Gasteiger partial charge in [-0.3, -0.25) is 0 Å². The van der Waals surface area contributed by atoms with E-state index in [1.807, 2.05) is 24.3 Å². The average Bonchev–Trinajstić information content (AvgIpc) is 2.44. The van der Waals surface area contributed by atoms with Gasteiger partial charge in [0, 0.05) is 23.8 Å². The molecule has 0 saturated carbocycles. The van der Waals surface area contributed by atoms with E-state index >= 15 is 0 Å². The Morgan fingerprint density at radius 1 is 1.24 bits per heavy atom. The van der Waals surface area contributed by atoms with Crippen molar-refractivity contribution in [3.05, 3.63) is 63.9 Å². The van der Waals surface area contributed by atoms with Gasteiger partial charge in [0.05, 0.1) is 0 Å². The van der Waals surface area contributed by atoms with E-state index in [1.54, 1.807) is 24.9 Å². The third-order valence-corrected chi connectivity index (χ3v) is 3.64. The van der Waals surface area contributed by atoms with Crippen molar-refractivity contribution in [2.24, 2.45) is 0 Å². The molecule has 2 aromatic carbocycles. The topological polar surface area (TPSA) is 32.3 Å². The first-order chi connectivity index (χ1) is 9.95. The van der Waals surface area contributed by atoms with Crippen LogP contribution in [0.5, 0.6) is 0 Å². The van der Waals surface area contributed by atoms with Crippen LogP contribution in [-0.4, -0.2) is 18.0 Å². The van der Waals surface area contributed by atoms with Crippen LogP contribution in [0.1, 0.15) is 11.1 Å². The summed E-state index contributed by atoms with van der Waals surface area (Å²) in [6, 6.07) is 11.8. The van der Waals surface area contributed by atoms with Crippen molar-refractivity contribution in [3.8, 4) is 0 Å². The lowest BCUT2D eigenvalue weighted by Crippen LogP contribution is -2.31. The number of urea groups is 1. The Bertz CT molecular complexity index is 643. The molecule has 0 aliphatic rings. The summed E-state index contributed by atoms with van der Waals surface area (Å²) in [6.07, 6.45) is 0. The first-order valence-electron chi connectivity index (χ1n) is 6.48. The van der Waals surface area contributed by atoms with Crippen LogP contribution in [-0.2, 0) is 6.54 Å². The van der Waals surface area contributed by atoms with Gasteiger partial charge in [-0.2, -0.15) is 0 Å². The lowest BCUT2D eigenvalue weighted by Gasteiger charge is -2.19. The van der Waals surface area contributed by atoms with Crippen molar-refractivity contribution in [2.45, 2.75) is 13.5 Å². The normalized spacial score (nSPS) is 10.3. The van der Waals surface area contributed by atoms with Gasteiger partial charge in [0.15, 0.2) is 0 Å². The molecular formula is C16H16BrFN2O. The highest BCUT2D eigenvalue weighted by molar-refractivity contribution is 9.10. The van der Waals surface area contributed by atoms with Crippen molar-refractivity contribution >= 4 is 27.6 Å². The van der Waals surface area contributed by atoms with E-state index in [0.717, 1.165) is 10.0 Å². The minimum Gasteiger partial charge on any atom is -0.323 e. The molecule has 110 valence electrons. The third-order valence-electron chi connectivity index (χ3n) is 3.11. The summed E-state index contributed by atoms with van der Waals surface area (Å²) in [7, 11) is 1.72. The molecule has 0 atom stereocenters. The second-order valence-electron chi connectivity index (χ2n) is 4.87. The van der Waals surface area contributed by atoms with Crippen LogP contribution < -0.4 is 5.32 Å². The monoisotopic (exact) mass is 350 g/mol. The number of hydrogen-bond donors (Lipinski definition) is 1. The molecule has 2 aromatic rings. The van der Waals surface area contributed by atoms with Gasteiger partial charge in [-0.1, -0.05) is 28.1 Å². The summed E-state index contributed by atoms with van der Waals surface area (Å²) in [5.74, 6) is -0.311. The number of aryl methyl sites for hydroxylation is 1. The smallest absolute Gasteiger partial charge is 0.321 e. The molecule has 2 rings (SSSR count). The van der Waals surface area contributed by atoms with Gasteiger partial charge in [0.25, 0.3) is 0 Å². The lowest BCUT2D eigenvalue weighted by molar-refractivity contribution is 0.220. The fraction of sp³-hybridized carbons (Fsp3) is 0.188. The molecule has 0 fully saturated rings. The van der Waals surface area contributed by atoms with Crippen LogP contribution >= 0.6 is 15.9 Å². The summed E-state index contributed by atoms with van der Waals surface area (Å²) in [5, 5.41) is 2.78. The molecule has 2 amide bonds. The Labute approximate surface area is 131 Å². The van der Waals surface area contributed by atoms with Gasteiger partial charge in [0.2, 0.25) is 0 Å². The van der Waals surface area contributed by atoms with Crippen LogP contribution in [0.3, 0.4) is 0 Å². The molecule has 1 N–H and O–H groups in total. The zero-order chi connectivity index (χ0) is 15.4. The summed E-state index contributed by atoms with van der Waals surface area (Å²) in [4.78, 5) is 13.7. The first kappa shape index (κ1) is 15.5.